The van der Waals surface area contributed by atoms with Gasteiger partial charge in [-0.05, 0) is 40.5 Å². The number of ether oxygens (including phenoxy) is 3. The zero-order chi connectivity index (χ0) is 41.4. The van der Waals surface area contributed by atoms with Crippen LogP contribution in [0.3, 0.4) is 0 Å². The summed E-state index contributed by atoms with van der Waals surface area (Å²) in [5.74, 6) is -40.5. The van der Waals surface area contributed by atoms with Crippen molar-refractivity contribution >= 4 is 23.9 Å². The molecule has 296 valence electrons. The van der Waals surface area contributed by atoms with Crippen LogP contribution in [0.15, 0.2) is 49.1 Å². The molecule has 8 nitrogen and oxygen atoms in total. The lowest BCUT2D eigenvalue weighted by Gasteiger charge is -2.39. The highest BCUT2D eigenvalue weighted by atomic mass is 19.4. The lowest BCUT2D eigenvalue weighted by molar-refractivity contribution is -0.440. The molecule has 0 heterocycles. The second-order valence-corrected chi connectivity index (χ2v) is 10.9. The molecule has 0 radical (unpaired) electrons. The number of carboxylic acids is 1. The van der Waals surface area contributed by atoms with Crippen molar-refractivity contribution in [1.29, 1.82) is 0 Å². The highest BCUT2D eigenvalue weighted by Crippen LogP contribution is 2.60. The number of allylic oxidation sites excluding steroid dienone is 1. The molecule has 0 bridgehead atoms. The van der Waals surface area contributed by atoms with Gasteiger partial charge in [-0.2, -0.15) is 57.1 Å². The fourth-order valence-electron chi connectivity index (χ4n) is 2.47. The van der Waals surface area contributed by atoms with Crippen LogP contribution >= 0.6 is 0 Å². The lowest BCUT2D eigenvalue weighted by Crippen LogP contribution is -2.70. The Morgan fingerprint density at radius 1 is 0.725 bits per heavy atom. The first-order valence-electron chi connectivity index (χ1n) is 14.0. The van der Waals surface area contributed by atoms with Gasteiger partial charge in [0.05, 0.1) is 19.6 Å². The maximum absolute atomic E-state index is 13.2. The fraction of sp³-hybridized carbons (Fsp3) is 0.600. The van der Waals surface area contributed by atoms with E-state index in [-0.39, 0.29) is 18.0 Å². The van der Waals surface area contributed by atoms with Crippen molar-refractivity contribution in [3.8, 4) is 0 Å². The minimum atomic E-state index is -7.94. The van der Waals surface area contributed by atoms with Crippen LogP contribution in [0, 0.1) is 0 Å². The molecule has 0 saturated carbocycles. The van der Waals surface area contributed by atoms with Crippen LogP contribution in [0.25, 0.3) is 0 Å². The summed E-state index contributed by atoms with van der Waals surface area (Å²) in [5, 5.41) is 8.32. The van der Waals surface area contributed by atoms with E-state index in [1.807, 2.05) is 0 Å². The number of rotatable bonds is 16. The van der Waals surface area contributed by atoms with Gasteiger partial charge in [0.2, 0.25) is 0 Å². The number of unbranched alkanes of at least 4 members (excludes halogenated alkanes) is 1. The minimum absolute atomic E-state index is 0.182. The molecule has 51 heavy (non-hydrogen) atoms. The second-order valence-electron chi connectivity index (χ2n) is 10.9. The van der Waals surface area contributed by atoms with Gasteiger partial charge in [0.1, 0.15) is 5.60 Å². The number of alkyl halides is 13. The zero-order valence-corrected chi connectivity index (χ0v) is 27.8. The Hall–Kier alpha value is -4.07. The molecule has 0 amide bonds. The summed E-state index contributed by atoms with van der Waals surface area (Å²) in [6.07, 6.45) is -5.26. The van der Waals surface area contributed by atoms with Crippen molar-refractivity contribution in [2.75, 3.05) is 13.2 Å². The van der Waals surface area contributed by atoms with Gasteiger partial charge in [0, 0.05) is 23.3 Å². The number of hydrogen-bond donors (Lipinski definition) is 1. The van der Waals surface area contributed by atoms with Gasteiger partial charge in [-0.1, -0.05) is 39.2 Å². The molecule has 0 saturated heterocycles. The molecule has 0 atom stereocenters. The molecule has 1 N–H and O–H groups in total. The third-order valence-electron chi connectivity index (χ3n) is 5.22. The molecule has 0 aliphatic rings. The van der Waals surface area contributed by atoms with E-state index >= 15 is 0 Å². The predicted octanol–water partition coefficient (Wildman–Crippen LogP) is 8.67. The van der Waals surface area contributed by atoms with E-state index in [4.69, 9.17) is 14.6 Å². The molecule has 0 spiro atoms. The molecule has 0 aliphatic carbocycles. The zero-order valence-electron chi connectivity index (χ0n) is 27.8. The van der Waals surface area contributed by atoms with Crippen LogP contribution in [0.2, 0.25) is 0 Å². The highest BCUT2D eigenvalue weighted by molar-refractivity contribution is 5.88. The number of hydrogen-bond acceptors (Lipinski definition) is 7. The van der Waals surface area contributed by atoms with Gasteiger partial charge in [-0.3, -0.25) is 0 Å². The van der Waals surface area contributed by atoms with E-state index in [0.29, 0.717) is 18.3 Å². The fourth-order valence-corrected chi connectivity index (χ4v) is 2.47. The Bertz CT molecular complexity index is 1250. The van der Waals surface area contributed by atoms with E-state index in [2.05, 4.69) is 31.4 Å². The summed E-state index contributed by atoms with van der Waals surface area (Å²) in [6, 6.07) is 0. The molecular weight excluding hydrogens is 735 g/mol. The summed E-state index contributed by atoms with van der Waals surface area (Å²) < 4.78 is 179. The Morgan fingerprint density at radius 2 is 1.20 bits per heavy atom. The molecular formula is C30H37F13O8. The maximum Gasteiger partial charge on any atom is 0.460 e. The summed E-state index contributed by atoms with van der Waals surface area (Å²) in [5.41, 5.74) is 0.148. The van der Waals surface area contributed by atoms with Crippen molar-refractivity contribution < 1.29 is 95.6 Å². The van der Waals surface area contributed by atoms with E-state index < -0.39 is 72.3 Å². The normalized spacial score (nSPS) is 12.7. The summed E-state index contributed by atoms with van der Waals surface area (Å²) >= 11 is 0. The molecule has 0 rings (SSSR count). The topological polar surface area (TPSA) is 116 Å². The molecule has 0 unspecified atom stereocenters. The summed E-state index contributed by atoms with van der Waals surface area (Å²) in [4.78, 5) is 42.7. The van der Waals surface area contributed by atoms with Crippen molar-refractivity contribution in [3.05, 3.63) is 49.1 Å². The van der Waals surface area contributed by atoms with Gasteiger partial charge >= 0.3 is 59.7 Å². The first-order valence-corrected chi connectivity index (χ1v) is 14.0. The Morgan fingerprint density at radius 3 is 1.57 bits per heavy atom. The third kappa shape index (κ3) is 16.2. The molecule has 0 aromatic rings. The van der Waals surface area contributed by atoms with Crippen LogP contribution < -0.4 is 0 Å². The minimum Gasteiger partial charge on any atom is -0.478 e. The molecule has 0 aromatic heterocycles. The van der Waals surface area contributed by atoms with Crippen molar-refractivity contribution in [2.45, 2.75) is 102 Å². The van der Waals surface area contributed by atoms with E-state index in [9.17, 15) is 76.3 Å². The second kappa shape index (κ2) is 20.1. The van der Waals surface area contributed by atoms with Gasteiger partial charge in [-0.25, -0.2) is 19.2 Å². The maximum atomic E-state index is 13.2. The van der Waals surface area contributed by atoms with Crippen LogP contribution in [-0.2, 0) is 33.4 Å². The molecule has 0 aromatic carbocycles. The Balaban J connectivity index is -0.000000772. The molecule has 21 heteroatoms. The van der Waals surface area contributed by atoms with Crippen LogP contribution in [0.4, 0.5) is 57.1 Å². The monoisotopic (exact) mass is 772 g/mol. The smallest absolute Gasteiger partial charge is 0.460 e. The number of aliphatic carboxylic acids is 1. The van der Waals surface area contributed by atoms with Crippen LogP contribution in [0.1, 0.15) is 60.3 Å². The van der Waals surface area contributed by atoms with Crippen molar-refractivity contribution in [3.63, 3.8) is 0 Å². The molecule has 0 aliphatic heterocycles. The van der Waals surface area contributed by atoms with E-state index in [0.717, 1.165) is 18.9 Å². The largest absolute Gasteiger partial charge is 0.478 e. The number of carbonyl (C=O) groups is 4. The number of esters is 3. The highest BCUT2D eigenvalue weighted by Gasteiger charge is 2.90. The van der Waals surface area contributed by atoms with Gasteiger partial charge in [0.25, 0.3) is 0 Å². The first-order chi connectivity index (χ1) is 22.6. The number of carboxylic acid groups (broad SMARTS) is 1. The van der Waals surface area contributed by atoms with Crippen molar-refractivity contribution in [2.24, 2.45) is 0 Å². The molecule has 0 fully saturated rings. The quantitative estimate of drug-likeness (QED) is 0.0545. The van der Waals surface area contributed by atoms with Gasteiger partial charge in [0.15, 0.2) is 0 Å². The Kier molecular flexibility index (Phi) is 20.2. The first kappa shape index (κ1) is 51.3. The standard InChI is InChI=1S/C11H7F13O2.C11H16O4.C8H14O2/c1-2-5(25)26-4-3-6(12,13)7(14,15)8(16,17)9(18,19)10(20,21)11(22,23)24;1-8(6-5-7-9(12)13)10(14)15-11(2,3)4;1-4-5-6-10-8(9)7(2)3/h2H,1,3-4H2;5,7H,1,6H2,2-4H3,(H,12,13);2,4-6H2,1,3H3. The van der Waals surface area contributed by atoms with Gasteiger partial charge < -0.3 is 19.3 Å². The number of halogens is 13. The van der Waals surface area contributed by atoms with Crippen LogP contribution in [-0.4, -0.2) is 83.6 Å². The predicted molar refractivity (Wildman–Crippen MR) is 154 cm³/mol. The number of carbonyl (C=O) groups excluding carboxylic acids is 3. The SMILES string of the molecule is C=C(C)C(=O)OCCCC.C=C(CC=CC(=O)O)C(=O)OC(C)(C)C.C=CC(=O)OCCC(F)(F)C(F)(F)C(F)(F)C(F)(F)C(F)(F)C(F)(F)F. The lowest BCUT2D eigenvalue weighted by atomic mass is 9.93. The average Bonchev–Trinajstić information content (AvgIpc) is 2.95. The third-order valence-corrected chi connectivity index (χ3v) is 5.22. The Labute approximate surface area is 284 Å². The summed E-state index contributed by atoms with van der Waals surface area (Å²) in [7, 11) is 0. The van der Waals surface area contributed by atoms with Crippen molar-refractivity contribution in [1.82, 2.24) is 0 Å². The summed E-state index contributed by atoms with van der Waals surface area (Å²) in [6.45, 7) is 17.4. The van der Waals surface area contributed by atoms with Crippen LogP contribution in [0.5, 0.6) is 0 Å². The average molecular weight is 773 g/mol. The van der Waals surface area contributed by atoms with Gasteiger partial charge in [-0.15, -0.1) is 0 Å². The van der Waals surface area contributed by atoms with E-state index in [1.54, 1.807) is 27.7 Å². The van der Waals surface area contributed by atoms with E-state index in [1.165, 1.54) is 6.08 Å².